The summed E-state index contributed by atoms with van der Waals surface area (Å²) in [5.41, 5.74) is -0.568. The lowest BCUT2D eigenvalue weighted by molar-refractivity contribution is -0.887. The maximum Gasteiger partial charge on any atom is 0.513 e. The zero-order valence-corrected chi connectivity index (χ0v) is 16.1. The molecular weight excluding hydrogens is 308 g/mol. The Bertz CT molecular complexity index is 447. The highest BCUT2D eigenvalue weighted by molar-refractivity contribution is 5.68. The number of carbonyl (C=O) groups excluding carboxylic acids is 1. The molecule has 140 valence electrons. The van der Waals surface area contributed by atoms with Crippen LogP contribution in [0.3, 0.4) is 0 Å². The molecule has 1 aliphatic rings. The fraction of sp³-hybridized carbons (Fsp3) is 0.889. The van der Waals surface area contributed by atoms with Gasteiger partial charge in [-0.2, -0.15) is 4.79 Å². The molecule has 6 heteroatoms. The Kier molecular flexibility index (Phi) is 7.08. The number of hydrogen-bond acceptors (Lipinski definition) is 3. The van der Waals surface area contributed by atoms with Crippen LogP contribution in [0.2, 0.25) is 0 Å². The van der Waals surface area contributed by atoms with Crippen molar-refractivity contribution < 1.29 is 23.9 Å². The summed E-state index contributed by atoms with van der Waals surface area (Å²) in [4.78, 5) is 24.3. The summed E-state index contributed by atoms with van der Waals surface area (Å²) >= 11 is 0. The Balaban J connectivity index is 2.95. The fourth-order valence-corrected chi connectivity index (χ4v) is 3.40. The van der Waals surface area contributed by atoms with E-state index in [0.717, 1.165) is 25.7 Å². The van der Waals surface area contributed by atoms with E-state index in [1.807, 2.05) is 27.7 Å². The van der Waals surface area contributed by atoms with E-state index in [1.165, 1.54) is 0 Å². The van der Waals surface area contributed by atoms with Crippen LogP contribution in [0.4, 0.5) is 9.59 Å². The minimum atomic E-state index is -0.790. The molecule has 1 saturated heterocycles. The molecule has 1 heterocycles. The zero-order valence-electron chi connectivity index (χ0n) is 16.1. The van der Waals surface area contributed by atoms with E-state index in [2.05, 4.69) is 19.2 Å². The van der Waals surface area contributed by atoms with Crippen molar-refractivity contribution in [2.24, 2.45) is 5.92 Å². The molecule has 24 heavy (non-hydrogen) atoms. The van der Waals surface area contributed by atoms with Gasteiger partial charge in [-0.15, -0.1) is 0 Å². The molecule has 0 aromatic heterocycles. The summed E-state index contributed by atoms with van der Waals surface area (Å²) in [7, 11) is 0. The molecule has 2 amide bonds. The number of nitrogens with one attached hydrogen (secondary N) is 1. The topological polar surface area (TPSA) is 75.6 Å². The number of carboxylic acid groups (broad SMARTS) is 1. The van der Waals surface area contributed by atoms with Crippen LogP contribution in [0, 0.1) is 5.92 Å². The third-order valence-electron chi connectivity index (χ3n) is 5.21. The number of hydrogen-bond donors (Lipinski definition) is 2. The van der Waals surface area contributed by atoms with Crippen molar-refractivity contribution in [3.05, 3.63) is 0 Å². The maximum atomic E-state index is 12.2. The van der Waals surface area contributed by atoms with Gasteiger partial charge in [0, 0.05) is 0 Å². The first-order valence-electron chi connectivity index (χ1n) is 9.11. The average Bonchev–Trinajstić information content (AvgIpc) is 2.45. The Labute approximate surface area is 146 Å². The Morgan fingerprint density at radius 3 is 2.42 bits per heavy atom. The number of piperidine rings is 1. The minimum Gasteiger partial charge on any atom is -0.444 e. The monoisotopic (exact) mass is 343 g/mol. The smallest absolute Gasteiger partial charge is 0.444 e. The van der Waals surface area contributed by atoms with Gasteiger partial charge < -0.3 is 15.2 Å². The molecule has 0 bridgehead atoms. The van der Waals surface area contributed by atoms with Crippen LogP contribution in [0.1, 0.15) is 67.2 Å². The maximum absolute atomic E-state index is 12.2. The second-order valence-corrected chi connectivity index (χ2v) is 8.21. The molecule has 0 radical (unpaired) electrons. The number of quaternary nitrogens is 1. The van der Waals surface area contributed by atoms with E-state index in [9.17, 15) is 14.7 Å². The molecule has 1 fully saturated rings. The van der Waals surface area contributed by atoms with E-state index in [-0.39, 0.29) is 22.5 Å². The number of carbonyl (C=O) groups is 2. The number of alkyl carbamates (subject to hydrolysis) is 1. The van der Waals surface area contributed by atoms with Crippen molar-refractivity contribution in [3.63, 3.8) is 0 Å². The molecule has 2 N–H and O–H groups in total. The predicted octanol–water partition coefficient (Wildman–Crippen LogP) is 3.99. The molecule has 4 atom stereocenters. The summed E-state index contributed by atoms with van der Waals surface area (Å²) in [5, 5.41) is 12.8. The Morgan fingerprint density at radius 2 is 1.96 bits per heavy atom. The predicted molar refractivity (Wildman–Crippen MR) is 93.9 cm³/mol. The number of likely N-dealkylation sites (tertiary alicyclic amines) is 1. The molecule has 1 rings (SSSR count). The lowest BCUT2D eigenvalue weighted by Crippen LogP contribution is -2.65. The van der Waals surface area contributed by atoms with Crippen molar-refractivity contribution in [2.75, 3.05) is 13.1 Å². The third kappa shape index (κ3) is 5.36. The number of ether oxygens (including phenoxy) is 1. The summed E-state index contributed by atoms with van der Waals surface area (Å²) < 4.78 is 5.40. The van der Waals surface area contributed by atoms with E-state index in [0.29, 0.717) is 13.1 Å². The van der Waals surface area contributed by atoms with Gasteiger partial charge in [-0.1, -0.05) is 20.3 Å². The molecular formula is C18H35N2O4+. The zero-order chi connectivity index (χ0) is 18.5. The first-order valence-corrected chi connectivity index (χ1v) is 9.11. The van der Waals surface area contributed by atoms with Gasteiger partial charge in [-0.25, -0.2) is 9.28 Å². The molecule has 0 aliphatic carbocycles. The van der Waals surface area contributed by atoms with E-state index in [4.69, 9.17) is 4.74 Å². The molecule has 6 nitrogen and oxygen atoms in total. The molecule has 1 aliphatic heterocycles. The van der Waals surface area contributed by atoms with Gasteiger partial charge >= 0.3 is 12.2 Å². The number of rotatable bonds is 5. The molecule has 0 aromatic rings. The minimum absolute atomic E-state index is 0.0325. The van der Waals surface area contributed by atoms with Gasteiger partial charge in [0.25, 0.3) is 0 Å². The second kappa shape index (κ2) is 8.19. The Hall–Kier alpha value is -1.30. The molecule has 0 saturated carbocycles. The van der Waals surface area contributed by atoms with Crippen LogP contribution in [-0.2, 0) is 4.74 Å². The van der Waals surface area contributed by atoms with E-state index in [1.54, 1.807) is 0 Å². The lowest BCUT2D eigenvalue weighted by Gasteiger charge is -2.44. The average molecular weight is 343 g/mol. The third-order valence-corrected chi connectivity index (χ3v) is 5.21. The van der Waals surface area contributed by atoms with Gasteiger partial charge in [-0.05, 0) is 52.9 Å². The van der Waals surface area contributed by atoms with Gasteiger partial charge in [0.1, 0.15) is 12.1 Å². The molecule has 0 aromatic carbocycles. The highest BCUT2D eigenvalue weighted by Crippen LogP contribution is 2.28. The van der Waals surface area contributed by atoms with E-state index >= 15 is 0 Å². The lowest BCUT2D eigenvalue weighted by atomic mass is 9.93. The molecule has 1 unspecified atom stereocenters. The van der Waals surface area contributed by atoms with Crippen LogP contribution >= 0.6 is 0 Å². The number of nitrogens with zero attached hydrogens (tertiary/aromatic N) is 1. The van der Waals surface area contributed by atoms with Crippen LogP contribution in [0.15, 0.2) is 0 Å². The van der Waals surface area contributed by atoms with Crippen molar-refractivity contribution in [2.45, 2.75) is 84.9 Å². The first kappa shape index (κ1) is 20.7. The van der Waals surface area contributed by atoms with Crippen LogP contribution < -0.4 is 5.32 Å². The second-order valence-electron chi connectivity index (χ2n) is 8.21. The quantitative estimate of drug-likeness (QED) is 0.740. The van der Waals surface area contributed by atoms with Crippen molar-refractivity contribution in [3.8, 4) is 0 Å². The standard InChI is InChI=1S/C18H34N2O4/c1-7-13(2)15(19-16(21)24-18(4,5)6)12-20(17(22)23)11-9-8-10-14(20)3/h13-15H,7-12H2,1-6H3,(H-,19,21,22,23)/p+1/t13-,14+,15+,20?/m0/s1. The van der Waals surface area contributed by atoms with Gasteiger partial charge in [0.05, 0.1) is 18.6 Å². The SMILES string of the molecule is CC[C@H](C)[C@@H](C[N+]1(C(=O)O)CCCC[C@H]1C)NC(=O)OC(C)(C)C. The van der Waals surface area contributed by atoms with Crippen LogP contribution in [0.5, 0.6) is 0 Å². The van der Waals surface area contributed by atoms with Crippen molar-refractivity contribution >= 4 is 12.2 Å². The van der Waals surface area contributed by atoms with Gasteiger partial charge in [0.2, 0.25) is 0 Å². The highest BCUT2D eigenvalue weighted by atomic mass is 16.6. The van der Waals surface area contributed by atoms with Gasteiger partial charge in [-0.3, -0.25) is 0 Å². The van der Waals surface area contributed by atoms with Crippen LogP contribution in [0.25, 0.3) is 0 Å². The van der Waals surface area contributed by atoms with E-state index < -0.39 is 17.8 Å². The highest BCUT2D eigenvalue weighted by Gasteiger charge is 2.46. The Morgan fingerprint density at radius 1 is 1.33 bits per heavy atom. The fourth-order valence-electron chi connectivity index (χ4n) is 3.40. The summed E-state index contributed by atoms with van der Waals surface area (Å²) in [5.74, 6) is 0.181. The normalized spacial score (nSPS) is 27.2. The largest absolute Gasteiger partial charge is 0.513 e. The van der Waals surface area contributed by atoms with Crippen molar-refractivity contribution in [1.29, 1.82) is 0 Å². The summed E-state index contributed by atoms with van der Waals surface area (Å²) in [6, 6.07) is -0.162. The number of amides is 2. The summed E-state index contributed by atoms with van der Waals surface area (Å²) in [6.45, 7) is 12.6. The first-order chi connectivity index (χ1) is 11.0. The summed E-state index contributed by atoms with van der Waals surface area (Å²) in [6.07, 6.45) is 2.50. The van der Waals surface area contributed by atoms with Crippen molar-refractivity contribution in [1.82, 2.24) is 5.32 Å². The van der Waals surface area contributed by atoms with Crippen LogP contribution in [-0.4, -0.2) is 52.6 Å². The molecule has 0 spiro atoms. The van der Waals surface area contributed by atoms with Gasteiger partial charge in [0.15, 0.2) is 0 Å².